The molecule has 0 spiro atoms. The third-order valence-electron chi connectivity index (χ3n) is 2.28. The zero-order valence-electron chi connectivity index (χ0n) is 9.84. The molecule has 1 aromatic rings. The van der Waals surface area contributed by atoms with Gasteiger partial charge < -0.3 is 15.4 Å². The Morgan fingerprint density at radius 1 is 1.65 bits per heavy atom. The van der Waals surface area contributed by atoms with Gasteiger partial charge in [0.05, 0.1) is 23.9 Å². The van der Waals surface area contributed by atoms with E-state index in [1.54, 1.807) is 24.2 Å². The average molecular weight is 253 g/mol. The van der Waals surface area contributed by atoms with Gasteiger partial charge in [0.2, 0.25) is 0 Å². The van der Waals surface area contributed by atoms with Crippen LogP contribution in [0.4, 0.5) is 0 Å². The van der Waals surface area contributed by atoms with E-state index in [2.05, 4.69) is 4.98 Å². The lowest BCUT2D eigenvalue weighted by molar-refractivity contribution is 0.0795. The third-order valence-corrected chi connectivity index (χ3v) is 2.48. The summed E-state index contributed by atoms with van der Waals surface area (Å²) in [5.74, 6) is 0.320. The summed E-state index contributed by atoms with van der Waals surface area (Å²) in [5, 5.41) is 0. The molecule has 0 unspecified atom stereocenters. The minimum Gasteiger partial charge on any atom is -0.494 e. The van der Waals surface area contributed by atoms with Crippen molar-refractivity contribution < 1.29 is 9.53 Å². The van der Waals surface area contributed by atoms with Gasteiger partial charge in [-0.15, -0.1) is 0 Å². The molecule has 0 fully saturated rings. The first-order valence-electron chi connectivity index (χ1n) is 5.08. The second-order valence-electron chi connectivity index (χ2n) is 3.52. The number of amides is 1. The fraction of sp³-hybridized carbons (Fsp3) is 0.364. The SMILES string of the molecule is COc1cnccc1C(=O)N(C)CCC(N)=S. The van der Waals surface area contributed by atoms with Crippen molar-refractivity contribution in [1.29, 1.82) is 0 Å². The van der Waals surface area contributed by atoms with E-state index in [1.807, 2.05) is 0 Å². The number of ether oxygens (including phenoxy) is 1. The summed E-state index contributed by atoms with van der Waals surface area (Å²) < 4.78 is 5.08. The number of hydrogen-bond acceptors (Lipinski definition) is 4. The first-order chi connectivity index (χ1) is 8.06. The smallest absolute Gasteiger partial charge is 0.257 e. The first kappa shape index (κ1) is 13.4. The Kier molecular flexibility index (Phi) is 4.84. The Labute approximate surface area is 106 Å². The Balaban J connectivity index is 2.77. The zero-order chi connectivity index (χ0) is 12.8. The number of nitrogens with zero attached hydrogens (tertiary/aromatic N) is 2. The van der Waals surface area contributed by atoms with Crippen molar-refractivity contribution in [1.82, 2.24) is 9.88 Å². The van der Waals surface area contributed by atoms with Crippen LogP contribution in [-0.4, -0.2) is 41.5 Å². The van der Waals surface area contributed by atoms with Crippen LogP contribution in [0.15, 0.2) is 18.5 Å². The standard InChI is InChI=1S/C11H15N3O2S/c1-14(6-4-10(12)17)11(15)8-3-5-13-7-9(8)16-2/h3,5,7H,4,6H2,1-2H3,(H2,12,17). The van der Waals surface area contributed by atoms with Crippen LogP contribution in [0.25, 0.3) is 0 Å². The van der Waals surface area contributed by atoms with Crippen LogP contribution in [-0.2, 0) is 0 Å². The third kappa shape index (κ3) is 3.67. The van der Waals surface area contributed by atoms with Crippen LogP contribution in [0.2, 0.25) is 0 Å². The molecule has 0 aliphatic rings. The molecule has 1 aromatic heterocycles. The van der Waals surface area contributed by atoms with E-state index < -0.39 is 0 Å². The highest BCUT2D eigenvalue weighted by molar-refractivity contribution is 7.80. The van der Waals surface area contributed by atoms with Crippen LogP contribution in [0, 0.1) is 0 Å². The highest BCUT2D eigenvalue weighted by Crippen LogP contribution is 2.17. The fourth-order valence-electron chi connectivity index (χ4n) is 1.30. The normalized spacial score (nSPS) is 9.76. The lowest BCUT2D eigenvalue weighted by atomic mass is 10.2. The van der Waals surface area contributed by atoms with Crippen molar-refractivity contribution in [2.45, 2.75) is 6.42 Å². The monoisotopic (exact) mass is 253 g/mol. The van der Waals surface area contributed by atoms with Gasteiger partial charge in [-0.25, -0.2) is 0 Å². The molecular weight excluding hydrogens is 238 g/mol. The minimum absolute atomic E-state index is 0.138. The van der Waals surface area contributed by atoms with Gasteiger partial charge >= 0.3 is 0 Å². The molecule has 6 heteroatoms. The van der Waals surface area contributed by atoms with E-state index in [-0.39, 0.29) is 5.91 Å². The number of thiocarbonyl (C=S) groups is 1. The van der Waals surface area contributed by atoms with E-state index in [1.165, 1.54) is 13.3 Å². The number of methoxy groups -OCH3 is 1. The van der Waals surface area contributed by atoms with Gasteiger partial charge in [0.15, 0.2) is 0 Å². The summed E-state index contributed by atoms with van der Waals surface area (Å²) in [6.45, 7) is 0.486. The van der Waals surface area contributed by atoms with Gasteiger partial charge in [0.1, 0.15) is 5.75 Å². The molecule has 0 aliphatic carbocycles. The molecule has 0 saturated carbocycles. The molecule has 0 bridgehead atoms. The van der Waals surface area contributed by atoms with Gasteiger partial charge in [-0.3, -0.25) is 9.78 Å². The van der Waals surface area contributed by atoms with E-state index in [9.17, 15) is 4.79 Å². The molecule has 17 heavy (non-hydrogen) atoms. The lowest BCUT2D eigenvalue weighted by Gasteiger charge is -2.17. The second-order valence-corrected chi connectivity index (χ2v) is 4.04. The molecular formula is C11H15N3O2S. The van der Waals surface area contributed by atoms with Gasteiger partial charge in [-0.05, 0) is 6.07 Å². The Morgan fingerprint density at radius 2 is 2.35 bits per heavy atom. The molecule has 0 aliphatic heterocycles. The maximum Gasteiger partial charge on any atom is 0.257 e. The van der Waals surface area contributed by atoms with E-state index >= 15 is 0 Å². The largest absolute Gasteiger partial charge is 0.494 e. The Hall–Kier alpha value is -1.69. The molecule has 0 saturated heterocycles. The summed E-state index contributed by atoms with van der Waals surface area (Å²) in [7, 11) is 3.20. The van der Waals surface area contributed by atoms with E-state index in [0.717, 1.165) is 0 Å². The summed E-state index contributed by atoms with van der Waals surface area (Å²) in [4.78, 5) is 17.9. The molecule has 1 heterocycles. The zero-order valence-corrected chi connectivity index (χ0v) is 10.7. The fourth-order valence-corrected chi connectivity index (χ4v) is 1.40. The van der Waals surface area contributed by atoms with Crippen LogP contribution < -0.4 is 10.5 Å². The van der Waals surface area contributed by atoms with Crippen molar-refractivity contribution in [3.63, 3.8) is 0 Å². The number of rotatable bonds is 5. The molecule has 0 radical (unpaired) electrons. The average Bonchev–Trinajstić information content (AvgIpc) is 2.34. The molecule has 0 aromatic carbocycles. The van der Waals surface area contributed by atoms with E-state index in [0.29, 0.717) is 29.3 Å². The predicted molar refractivity (Wildman–Crippen MR) is 69.2 cm³/mol. The Morgan fingerprint density at radius 3 is 2.94 bits per heavy atom. The number of carbonyl (C=O) groups is 1. The van der Waals surface area contributed by atoms with Crippen molar-refractivity contribution in [3.8, 4) is 5.75 Å². The van der Waals surface area contributed by atoms with E-state index in [4.69, 9.17) is 22.7 Å². The van der Waals surface area contributed by atoms with Crippen LogP contribution in [0.1, 0.15) is 16.8 Å². The topological polar surface area (TPSA) is 68.5 Å². The number of pyridine rings is 1. The lowest BCUT2D eigenvalue weighted by Crippen LogP contribution is -2.30. The van der Waals surface area contributed by atoms with Crippen molar-refractivity contribution in [2.24, 2.45) is 5.73 Å². The van der Waals surface area contributed by atoms with Gasteiger partial charge in [0.25, 0.3) is 5.91 Å². The molecule has 0 atom stereocenters. The van der Waals surface area contributed by atoms with Crippen LogP contribution >= 0.6 is 12.2 Å². The van der Waals surface area contributed by atoms with Crippen molar-refractivity contribution in [3.05, 3.63) is 24.0 Å². The first-order valence-corrected chi connectivity index (χ1v) is 5.49. The predicted octanol–water partition coefficient (Wildman–Crippen LogP) is 0.838. The van der Waals surface area contributed by atoms with Crippen molar-refractivity contribution in [2.75, 3.05) is 20.7 Å². The number of aromatic nitrogens is 1. The molecule has 1 rings (SSSR count). The van der Waals surface area contributed by atoms with Crippen molar-refractivity contribution >= 4 is 23.1 Å². The Bertz CT molecular complexity index is 423. The second kappa shape index (κ2) is 6.15. The highest BCUT2D eigenvalue weighted by atomic mass is 32.1. The summed E-state index contributed by atoms with van der Waals surface area (Å²) in [6.07, 6.45) is 3.57. The van der Waals surface area contributed by atoms with Gasteiger partial charge in [-0.2, -0.15) is 0 Å². The van der Waals surface area contributed by atoms with Crippen LogP contribution in [0.3, 0.4) is 0 Å². The molecule has 5 nitrogen and oxygen atoms in total. The van der Waals surface area contributed by atoms with Gasteiger partial charge in [-0.1, -0.05) is 12.2 Å². The maximum absolute atomic E-state index is 12.1. The molecule has 92 valence electrons. The van der Waals surface area contributed by atoms with Gasteiger partial charge in [0, 0.05) is 26.2 Å². The number of hydrogen-bond donors (Lipinski definition) is 1. The quantitative estimate of drug-likeness (QED) is 0.787. The van der Waals surface area contributed by atoms with Crippen LogP contribution in [0.5, 0.6) is 5.75 Å². The molecule has 1 amide bonds. The highest BCUT2D eigenvalue weighted by Gasteiger charge is 2.16. The summed E-state index contributed by atoms with van der Waals surface area (Å²) >= 11 is 4.77. The summed E-state index contributed by atoms with van der Waals surface area (Å²) in [6, 6.07) is 1.62. The molecule has 2 N–H and O–H groups in total. The summed E-state index contributed by atoms with van der Waals surface area (Å²) in [5.41, 5.74) is 5.87. The maximum atomic E-state index is 12.1. The number of carbonyl (C=O) groups excluding carboxylic acids is 1. The number of nitrogens with two attached hydrogens (primary N) is 1. The minimum atomic E-state index is -0.138.